The topological polar surface area (TPSA) is 86.3 Å². The Hall–Kier alpha value is -3.76. The molecular formula is C27H25N3O3S. The van der Waals surface area contributed by atoms with E-state index in [1.54, 1.807) is 12.1 Å². The molecular weight excluding hydrogens is 446 g/mol. The van der Waals surface area contributed by atoms with Crippen LogP contribution in [0.15, 0.2) is 81.9 Å². The second kappa shape index (κ2) is 10.4. The van der Waals surface area contributed by atoms with Crippen molar-refractivity contribution in [3.63, 3.8) is 0 Å². The van der Waals surface area contributed by atoms with E-state index in [9.17, 15) is 14.9 Å². The zero-order chi connectivity index (χ0) is 24.1. The number of benzene rings is 2. The molecule has 2 heterocycles. The average Bonchev–Trinajstić information content (AvgIpc) is 3.48. The third-order valence-electron chi connectivity index (χ3n) is 5.65. The molecule has 7 heteroatoms. The molecule has 2 aromatic carbocycles. The Bertz CT molecular complexity index is 1240. The Kier molecular flexibility index (Phi) is 7.19. The summed E-state index contributed by atoms with van der Waals surface area (Å²) in [6.45, 7) is 4.23. The molecule has 6 nitrogen and oxygen atoms in total. The van der Waals surface area contributed by atoms with Crippen LogP contribution in [0.4, 0.5) is 5.69 Å². The lowest BCUT2D eigenvalue weighted by atomic mass is 10.1. The van der Waals surface area contributed by atoms with Crippen molar-refractivity contribution in [3.8, 4) is 6.07 Å². The van der Waals surface area contributed by atoms with E-state index in [1.165, 1.54) is 22.9 Å². The zero-order valence-electron chi connectivity index (χ0n) is 19.1. The summed E-state index contributed by atoms with van der Waals surface area (Å²) in [6, 6.07) is 21.2. The highest BCUT2D eigenvalue weighted by atomic mass is 32.2. The van der Waals surface area contributed by atoms with Crippen molar-refractivity contribution in [2.45, 2.75) is 38.5 Å². The summed E-state index contributed by atoms with van der Waals surface area (Å²) in [5.41, 5.74) is 3.87. The first-order chi connectivity index (χ1) is 16.5. The highest BCUT2D eigenvalue weighted by molar-refractivity contribution is 8.05. The molecule has 4 rings (SSSR count). The van der Waals surface area contributed by atoms with Gasteiger partial charge in [-0.3, -0.25) is 14.5 Å². The standard InChI is InChI=1S/C27H25N3O3S/c1-3-19-10-12-21(13-11-19)30-26(32)24(15-20-8-6-18(2)7-9-20)34-27(30)23(16-28)25(31)29-17-22-5-4-14-33-22/h4-14,24H,3,15,17H2,1-2H3,(H,29,31)/b27-23-. The van der Waals surface area contributed by atoms with E-state index in [0.29, 0.717) is 22.9 Å². The molecule has 34 heavy (non-hydrogen) atoms. The van der Waals surface area contributed by atoms with Gasteiger partial charge in [0, 0.05) is 5.69 Å². The fourth-order valence-electron chi connectivity index (χ4n) is 3.71. The maximum Gasteiger partial charge on any atom is 0.265 e. The minimum Gasteiger partial charge on any atom is -0.467 e. The molecule has 172 valence electrons. The molecule has 2 amide bonds. The summed E-state index contributed by atoms with van der Waals surface area (Å²) < 4.78 is 5.26. The Labute approximate surface area is 203 Å². The first-order valence-corrected chi connectivity index (χ1v) is 12.0. The highest BCUT2D eigenvalue weighted by Gasteiger charge is 2.40. The van der Waals surface area contributed by atoms with Gasteiger partial charge in [0.2, 0.25) is 5.91 Å². The molecule has 1 N–H and O–H groups in total. The van der Waals surface area contributed by atoms with E-state index in [0.717, 1.165) is 23.1 Å². The van der Waals surface area contributed by atoms with Gasteiger partial charge in [-0.25, -0.2) is 0 Å². The van der Waals surface area contributed by atoms with Crippen molar-refractivity contribution in [1.29, 1.82) is 5.26 Å². The number of hydrogen-bond donors (Lipinski definition) is 1. The van der Waals surface area contributed by atoms with Crippen LogP contribution in [0.2, 0.25) is 0 Å². The Morgan fingerprint density at radius 2 is 1.82 bits per heavy atom. The van der Waals surface area contributed by atoms with E-state index in [-0.39, 0.29) is 18.0 Å². The summed E-state index contributed by atoms with van der Waals surface area (Å²) in [4.78, 5) is 28.0. The summed E-state index contributed by atoms with van der Waals surface area (Å²) in [7, 11) is 0. The Balaban J connectivity index is 1.67. The molecule has 3 aromatic rings. The van der Waals surface area contributed by atoms with Crippen LogP contribution in [0.1, 0.15) is 29.4 Å². The van der Waals surface area contributed by atoms with Crippen LogP contribution < -0.4 is 10.2 Å². The van der Waals surface area contributed by atoms with Gasteiger partial charge in [0.05, 0.1) is 18.1 Å². The number of aryl methyl sites for hydroxylation is 2. The van der Waals surface area contributed by atoms with E-state index in [1.807, 2.05) is 61.5 Å². The summed E-state index contributed by atoms with van der Waals surface area (Å²) in [5, 5.41) is 12.5. The van der Waals surface area contributed by atoms with Crippen LogP contribution in [0.3, 0.4) is 0 Å². The normalized spacial score (nSPS) is 16.9. The van der Waals surface area contributed by atoms with Crippen molar-refractivity contribution < 1.29 is 14.0 Å². The van der Waals surface area contributed by atoms with Crippen LogP contribution in [0.25, 0.3) is 0 Å². The quantitative estimate of drug-likeness (QED) is 0.392. The van der Waals surface area contributed by atoms with Crippen molar-refractivity contribution in [2.75, 3.05) is 4.90 Å². The fraction of sp³-hybridized carbons (Fsp3) is 0.222. The molecule has 1 aromatic heterocycles. The second-order valence-corrected chi connectivity index (χ2v) is 9.24. The van der Waals surface area contributed by atoms with E-state index >= 15 is 0 Å². The van der Waals surface area contributed by atoms with Gasteiger partial charge in [0.15, 0.2) is 0 Å². The highest BCUT2D eigenvalue weighted by Crippen LogP contribution is 2.42. The zero-order valence-corrected chi connectivity index (χ0v) is 19.9. The lowest BCUT2D eigenvalue weighted by Crippen LogP contribution is -2.32. The van der Waals surface area contributed by atoms with Gasteiger partial charge in [-0.2, -0.15) is 5.26 Å². The molecule has 0 saturated carbocycles. The number of thioether (sulfide) groups is 1. The van der Waals surface area contributed by atoms with E-state index in [4.69, 9.17) is 4.42 Å². The predicted molar refractivity (Wildman–Crippen MR) is 133 cm³/mol. The van der Waals surface area contributed by atoms with Crippen LogP contribution in [0.5, 0.6) is 0 Å². The molecule has 1 fully saturated rings. The van der Waals surface area contributed by atoms with Crippen molar-refractivity contribution in [3.05, 3.63) is 100.0 Å². The SMILES string of the molecule is CCc1ccc(N2C(=O)C(Cc3ccc(C)cc3)S/C2=C(/C#N)C(=O)NCc2ccco2)cc1. The molecule has 1 unspecified atom stereocenters. The van der Waals surface area contributed by atoms with Gasteiger partial charge in [-0.1, -0.05) is 60.6 Å². The van der Waals surface area contributed by atoms with Crippen LogP contribution >= 0.6 is 11.8 Å². The molecule has 0 aliphatic carbocycles. The largest absolute Gasteiger partial charge is 0.467 e. The van der Waals surface area contributed by atoms with Gasteiger partial charge in [0.25, 0.3) is 5.91 Å². The molecule has 1 aliphatic heterocycles. The maximum absolute atomic E-state index is 13.5. The number of rotatable bonds is 7. The molecule has 0 radical (unpaired) electrons. The number of nitrogens with one attached hydrogen (secondary N) is 1. The van der Waals surface area contributed by atoms with Crippen molar-refractivity contribution in [1.82, 2.24) is 5.32 Å². The monoisotopic (exact) mass is 471 g/mol. The van der Waals surface area contributed by atoms with Gasteiger partial charge in [-0.05, 0) is 55.2 Å². The van der Waals surface area contributed by atoms with Gasteiger partial charge >= 0.3 is 0 Å². The lowest BCUT2D eigenvalue weighted by Gasteiger charge is -2.19. The molecule has 1 atom stereocenters. The maximum atomic E-state index is 13.5. The molecule has 1 aliphatic rings. The lowest BCUT2D eigenvalue weighted by molar-refractivity contribution is -0.117. The van der Waals surface area contributed by atoms with Gasteiger partial charge in [0.1, 0.15) is 22.4 Å². The molecule has 0 spiro atoms. The number of amides is 2. The van der Waals surface area contributed by atoms with Crippen molar-refractivity contribution in [2.24, 2.45) is 0 Å². The smallest absolute Gasteiger partial charge is 0.265 e. The molecule has 0 bridgehead atoms. The number of nitrogens with zero attached hydrogens (tertiary/aromatic N) is 2. The van der Waals surface area contributed by atoms with Gasteiger partial charge < -0.3 is 9.73 Å². The number of nitriles is 1. The number of furan rings is 1. The summed E-state index contributed by atoms with van der Waals surface area (Å²) in [6.07, 6.45) is 2.90. The Morgan fingerprint density at radius 3 is 2.44 bits per heavy atom. The number of carbonyl (C=O) groups is 2. The minimum absolute atomic E-state index is 0.0871. The van der Waals surface area contributed by atoms with E-state index in [2.05, 4.69) is 12.2 Å². The number of anilines is 1. The second-order valence-electron chi connectivity index (χ2n) is 8.04. The third kappa shape index (κ3) is 5.08. The number of hydrogen-bond acceptors (Lipinski definition) is 5. The molecule has 1 saturated heterocycles. The summed E-state index contributed by atoms with van der Waals surface area (Å²) >= 11 is 1.26. The van der Waals surface area contributed by atoms with Crippen LogP contribution in [0, 0.1) is 18.3 Å². The van der Waals surface area contributed by atoms with Crippen molar-refractivity contribution >= 4 is 29.3 Å². The van der Waals surface area contributed by atoms with Gasteiger partial charge in [-0.15, -0.1) is 0 Å². The van der Waals surface area contributed by atoms with Crippen LogP contribution in [-0.2, 0) is 29.0 Å². The number of carbonyl (C=O) groups excluding carboxylic acids is 2. The predicted octanol–water partition coefficient (Wildman–Crippen LogP) is 4.89. The van der Waals surface area contributed by atoms with E-state index < -0.39 is 11.2 Å². The first kappa shape index (κ1) is 23.4. The first-order valence-electron chi connectivity index (χ1n) is 11.1. The fourth-order valence-corrected chi connectivity index (χ4v) is 5.02. The minimum atomic E-state index is -0.541. The summed E-state index contributed by atoms with van der Waals surface area (Å²) in [5.74, 6) is -0.105. The Morgan fingerprint density at radius 1 is 1.12 bits per heavy atom. The third-order valence-corrected chi connectivity index (χ3v) is 6.92. The average molecular weight is 472 g/mol. The van der Waals surface area contributed by atoms with Crippen LogP contribution in [-0.4, -0.2) is 17.1 Å².